The monoisotopic (exact) mass is 608 g/mol. The molecule has 230 valence electrons. The molecule has 8 nitrogen and oxygen atoms in total. The van der Waals surface area contributed by atoms with Crippen LogP contribution in [0.4, 0.5) is 18.9 Å². The Balaban J connectivity index is 0.00000484. The summed E-state index contributed by atoms with van der Waals surface area (Å²) < 4.78 is 41.8. The first-order valence-corrected chi connectivity index (χ1v) is 14.2. The van der Waals surface area contributed by atoms with E-state index in [1.54, 1.807) is 24.1 Å². The summed E-state index contributed by atoms with van der Waals surface area (Å²) in [6, 6.07) is 8.26. The summed E-state index contributed by atoms with van der Waals surface area (Å²) in [4.78, 5) is 28.2. The molecule has 0 fully saturated rings. The summed E-state index contributed by atoms with van der Waals surface area (Å²) in [6.07, 6.45) is 0.893. The maximum atomic E-state index is 13.7. The highest BCUT2D eigenvalue weighted by molar-refractivity contribution is 5.91. The number of alkyl halides is 2. The van der Waals surface area contributed by atoms with Crippen LogP contribution in [-0.2, 0) is 35.6 Å². The quantitative estimate of drug-likeness (QED) is 0.269. The number of fused-ring (bicyclic) bond motifs is 2. The number of amides is 2. The highest BCUT2D eigenvalue weighted by Gasteiger charge is 2.28. The minimum absolute atomic E-state index is 0. The largest absolute Gasteiger partial charge is 0.355 e. The van der Waals surface area contributed by atoms with E-state index in [1.807, 2.05) is 24.9 Å². The van der Waals surface area contributed by atoms with Crippen molar-refractivity contribution in [1.82, 2.24) is 25.1 Å². The molecular formula is C30H40ClF3N6O2. The summed E-state index contributed by atoms with van der Waals surface area (Å²) in [5.41, 5.74) is 4.45. The molecule has 0 saturated carbocycles. The van der Waals surface area contributed by atoms with Crippen LogP contribution in [0.25, 0.3) is 10.9 Å². The molecule has 1 aromatic heterocycles. The van der Waals surface area contributed by atoms with Gasteiger partial charge in [0.15, 0.2) is 0 Å². The number of nitrogens with one attached hydrogen (secondary N) is 1. The van der Waals surface area contributed by atoms with Gasteiger partial charge in [-0.1, -0.05) is 32.8 Å². The van der Waals surface area contributed by atoms with Gasteiger partial charge in [-0.3, -0.25) is 19.3 Å². The van der Waals surface area contributed by atoms with Crippen LogP contribution < -0.4 is 10.2 Å². The molecule has 12 heteroatoms. The number of benzene rings is 2. The molecule has 2 aromatic carbocycles. The molecule has 2 heterocycles. The van der Waals surface area contributed by atoms with E-state index in [4.69, 9.17) is 0 Å². The highest BCUT2D eigenvalue weighted by Crippen LogP contribution is 2.30. The number of nitrogens with zero attached hydrogens (tertiary/aromatic N) is 5. The summed E-state index contributed by atoms with van der Waals surface area (Å²) >= 11 is 0. The first kappa shape index (κ1) is 33.2. The number of aromatic nitrogens is 2. The van der Waals surface area contributed by atoms with Crippen molar-refractivity contribution in [3.05, 3.63) is 58.5 Å². The van der Waals surface area contributed by atoms with Crippen LogP contribution in [0.15, 0.2) is 30.3 Å². The van der Waals surface area contributed by atoms with Gasteiger partial charge in [-0.15, -0.1) is 12.4 Å². The Kier molecular flexibility index (Phi) is 11.6. The third-order valence-electron chi connectivity index (χ3n) is 7.55. The molecule has 0 bridgehead atoms. The van der Waals surface area contributed by atoms with Crippen molar-refractivity contribution in [3.8, 4) is 0 Å². The number of hydrogen-bond donors (Lipinski definition) is 1. The van der Waals surface area contributed by atoms with Gasteiger partial charge in [-0.05, 0) is 60.7 Å². The molecule has 0 spiro atoms. The maximum Gasteiger partial charge on any atom is 0.257 e. The fraction of sp³-hybridized carbons (Fsp3) is 0.500. The lowest BCUT2D eigenvalue weighted by Gasteiger charge is -2.32. The predicted molar refractivity (Wildman–Crippen MR) is 160 cm³/mol. The molecule has 0 radical (unpaired) electrons. The van der Waals surface area contributed by atoms with Crippen LogP contribution in [0.2, 0.25) is 0 Å². The number of hydrogen-bond acceptors (Lipinski definition) is 5. The normalized spacial score (nSPS) is 12.9. The maximum absolute atomic E-state index is 13.7. The number of anilines is 1. The third-order valence-corrected chi connectivity index (χ3v) is 7.55. The van der Waals surface area contributed by atoms with E-state index in [-0.39, 0.29) is 43.1 Å². The molecule has 1 N–H and O–H groups in total. The first-order chi connectivity index (χ1) is 19.6. The molecule has 0 unspecified atom stereocenters. The van der Waals surface area contributed by atoms with Gasteiger partial charge in [0.2, 0.25) is 5.91 Å². The van der Waals surface area contributed by atoms with Gasteiger partial charge in [0.25, 0.3) is 12.3 Å². The van der Waals surface area contributed by atoms with Gasteiger partial charge in [0.1, 0.15) is 12.4 Å². The molecule has 42 heavy (non-hydrogen) atoms. The summed E-state index contributed by atoms with van der Waals surface area (Å²) in [5.74, 6) is -0.804. The van der Waals surface area contributed by atoms with Crippen molar-refractivity contribution >= 4 is 40.8 Å². The molecule has 0 aliphatic carbocycles. The zero-order valence-corrected chi connectivity index (χ0v) is 25.4. The Morgan fingerprint density at radius 2 is 1.81 bits per heavy atom. The number of likely N-dealkylation sites (N-methyl/N-ethyl adjacent to an activating group) is 1. The number of hydrazine groups is 1. The van der Waals surface area contributed by atoms with E-state index in [2.05, 4.69) is 17.3 Å². The van der Waals surface area contributed by atoms with Gasteiger partial charge in [-0.25, -0.2) is 18.2 Å². The second-order valence-corrected chi connectivity index (χ2v) is 10.6. The smallest absolute Gasteiger partial charge is 0.257 e. The average Bonchev–Trinajstić information content (AvgIpc) is 3.49. The van der Waals surface area contributed by atoms with Crippen molar-refractivity contribution < 1.29 is 22.8 Å². The van der Waals surface area contributed by atoms with Crippen molar-refractivity contribution in [3.63, 3.8) is 0 Å². The topological polar surface area (TPSA) is 73.7 Å². The van der Waals surface area contributed by atoms with Crippen LogP contribution >= 0.6 is 12.4 Å². The minimum Gasteiger partial charge on any atom is -0.355 e. The second kappa shape index (κ2) is 14.7. The van der Waals surface area contributed by atoms with Crippen molar-refractivity contribution in [2.75, 3.05) is 31.6 Å². The van der Waals surface area contributed by atoms with Gasteiger partial charge in [0, 0.05) is 37.8 Å². The molecule has 3 aromatic rings. The van der Waals surface area contributed by atoms with E-state index >= 15 is 0 Å². The zero-order chi connectivity index (χ0) is 29.7. The van der Waals surface area contributed by atoms with Crippen LogP contribution in [0.5, 0.6) is 0 Å². The standard InChI is InChI=1S/C30H39F3N6O2.ClH/c1-5-7-8-11-34-29(40)18-37(19-30(41)36(4)38-15-21-9-10-23(31)13-22(21)16-38)26-14-27-24(12-20(26)3)25(6-2)35-39(27)17-28(32)33;/h9-10,12-14,28H,5-8,11,15-19H2,1-4H3,(H,34,40);1H. The number of unbranched alkanes of at least 4 members (excludes halogenated alkanes) is 2. The third kappa shape index (κ3) is 7.74. The van der Waals surface area contributed by atoms with E-state index in [9.17, 15) is 22.8 Å². The summed E-state index contributed by atoms with van der Waals surface area (Å²) in [7, 11) is 1.66. The summed E-state index contributed by atoms with van der Waals surface area (Å²) in [6.45, 7) is 6.55. The Morgan fingerprint density at radius 3 is 2.50 bits per heavy atom. The average molecular weight is 609 g/mol. The molecule has 2 amide bonds. The Hall–Kier alpha value is -3.31. The lowest BCUT2D eigenvalue weighted by molar-refractivity contribution is -0.145. The molecule has 1 aliphatic rings. The minimum atomic E-state index is -2.58. The van der Waals surface area contributed by atoms with Gasteiger partial charge in [-0.2, -0.15) is 5.10 Å². The number of carbonyl (C=O) groups is 2. The fourth-order valence-electron chi connectivity index (χ4n) is 5.29. The lowest BCUT2D eigenvalue weighted by atomic mass is 10.1. The van der Waals surface area contributed by atoms with Crippen molar-refractivity contribution in [1.29, 1.82) is 0 Å². The Morgan fingerprint density at radius 1 is 1.07 bits per heavy atom. The predicted octanol–water partition coefficient (Wildman–Crippen LogP) is 5.24. The van der Waals surface area contributed by atoms with E-state index in [0.717, 1.165) is 47.0 Å². The molecular weight excluding hydrogens is 569 g/mol. The summed E-state index contributed by atoms with van der Waals surface area (Å²) in [5, 5.41) is 11.5. The van der Waals surface area contributed by atoms with Gasteiger partial charge < -0.3 is 10.2 Å². The zero-order valence-electron chi connectivity index (χ0n) is 24.6. The number of aryl methyl sites for hydroxylation is 2. The number of carbonyl (C=O) groups excluding carboxylic acids is 2. The molecule has 1 aliphatic heterocycles. The molecule has 0 saturated heterocycles. The Labute approximate surface area is 251 Å². The van der Waals surface area contributed by atoms with Crippen molar-refractivity contribution in [2.24, 2.45) is 0 Å². The Bertz CT molecular complexity index is 1400. The van der Waals surface area contributed by atoms with Crippen molar-refractivity contribution in [2.45, 2.75) is 72.5 Å². The first-order valence-electron chi connectivity index (χ1n) is 14.2. The van der Waals surface area contributed by atoms with Crippen LogP contribution in [-0.4, -0.2) is 64.7 Å². The number of rotatable bonds is 13. The van der Waals surface area contributed by atoms with E-state index in [1.165, 1.54) is 21.8 Å². The van der Waals surface area contributed by atoms with Crippen LogP contribution in [0.3, 0.4) is 0 Å². The number of halogens is 4. The van der Waals surface area contributed by atoms with Gasteiger partial charge in [0.05, 0.1) is 24.3 Å². The second-order valence-electron chi connectivity index (χ2n) is 10.6. The van der Waals surface area contributed by atoms with Crippen LogP contribution in [0.1, 0.15) is 55.5 Å². The van der Waals surface area contributed by atoms with Crippen LogP contribution in [0, 0.1) is 12.7 Å². The SMILES string of the molecule is CCCCCNC(=O)CN(CC(=O)N(C)N1Cc2ccc(F)cc2C1)c1cc2c(cc1C)c(CC)nn2CC(F)F.Cl. The lowest BCUT2D eigenvalue weighted by Crippen LogP contribution is -2.48. The van der Waals surface area contributed by atoms with E-state index in [0.29, 0.717) is 37.3 Å². The fourth-order valence-corrected chi connectivity index (χ4v) is 5.29. The van der Waals surface area contributed by atoms with E-state index < -0.39 is 13.0 Å². The highest BCUT2D eigenvalue weighted by atomic mass is 35.5. The molecule has 0 atom stereocenters. The van der Waals surface area contributed by atoms with Gasteiger partial charge >= 0.3 is 0 Å². The molecule has 4 rings (SSSR count).